The number of phenols is 1. The van der Waals surface area contributed by atoms with Crippen molar-refractivity contribution >= 4 is 49.6 Å². The van der Waals surface area contributed by atoms with E-state index in [1.54, 1.807) is 35.6 Å². The van der Waals surface area contributed by atoms with Gasteiger partial charge < -0.3 is 14.3 Å². The van der Waals surface area contributed by atoms with E-state index < -0.39 is 0 Å². The van der Waals surface area contributed by atoms with Crippen molar-refractivity contribution < 1.29 is 14.3 Å². The lowest BCUT2D eigenvalue weighted by Crippen LogP contribution is -2.06. The molecule has 0 unspecified atom stereocenters. The van der Waals surface area contributed by atoms with E-state index in [2.05, 4.69) is 20.9 Å². The second-order valence-electron chi connectivity index (χ2n) is 6.12. The Hall–Kier alpha value is -2.12. The number of aromatic hydroxyl groups is 1. The number of nitrogens with zero attached hydrogens (tertiary/aromatic N) is 1. The SMILES string of the molecule is COc1cc(C=Cc2nc3sc4c(c3c(=O)o2)CCCC4)cc(Br)c1O. The standard InChI is InChI=1S/C19H16BrNO4S/c1-24-13-9-10(8-12(20)17(13)22)6-7-15-21-18-16(19(23)25-15)11-4-2-3-5-14(11)26-18/h6-9,22H,2-5H2,1H3. The van der Waals surface area contributed by atoms with Crippen LogP contribution in [0.4, 0.5) is 0 Å². The summed E-state index contributed by atoms with van der Waals surface area (Å²) in [6.45, 7) is 0. The molecule has 7 heteroatoms. The summed E-state index contributed by atoms with van der Waals surface area (Å²) in [5.41, 5.74) is 1.58. The zero-order chi connectivity index (χ0) is 18.3. The summed E-state index contributed by atoms with van der Waals surface area (Å²) in [7, 11) is 1.49. The van der Waals surface area contributed by atoms with Gasteiger partial charge in [-0.3, -0.25) is 0 Å². The van der Waals surface area contributed by atoms with Gasteiger partial charge >= 0.3 is 5.63 Å². The Morgan fingerprint density at radius 2 is 2.12 bits per heavy atom. The van der Waals surface area contributed by atoms with Crippen LogP contribution in [-0.2, 0) is 12.8 Å². The molecule has 0 bridgehead atoms. The van der Waals surface area contributed by atoms with Gasteiger partial charge in [0.1, 0.15) is 10.2 Å². The molecule has 0 amide bonds. The average molecular weight is 434 g/mol. The molecule has 3 aromatic rings. The van der Waals surface area contributed by atoms with Crippen molar-refractivity contribution in [3.63, 3.8) is 0 Å². The molecule has 0 saturated heterocycles. The number of benzene rings is 1. The highest BCUT2D eigenvalue weighted by Gasteiger charge is 2.20. The molecule has 26 heavy (non-hydrogen) atoms. The topological polar surface area (TPSA) is 72.6 Å². The van der Waals surface area contributed by atoms with Gasteiger partial charge in [0.25, 0.3) is 0 Å². The molecule has 2 aromatic heterocycles. The van der Waals surface area contributed by atoms with Gasteiger partial charge in [-0.05, 0) is 70.9 Å². The predicted molar refractivity (Wildman–Crippen MR) is 106 cm³/mol. The van der Waals surface area contributed by atoms with E-state index in [9.17, 15) is 9.90 Å². The fourth-order valence-corrected chi connectivity index (χ4v) is 4.91. The van der Waals surface area contributed by atoms with Crippen LogP contribution in [0.25, 0.3) is 22.4 Å². The number of rotatable bonds is 3. The molecular formula is C19H16BrNO4S. The summed E-state index contributed by atoms with van der Waals surface area (Å²) < 4.78 is 11.1. The van der Waals surface area contributed by atoms with Crippen LogP contribution in [0.3, 0.4) is 0 Å². The maximum atomic E-state index is 12.4. The van der Waals surface area contributed by atoms with Crippen molar-refractivity contribution in [3.05, 3.63) is 48.9 Å². The first-order chi connectivity index (χ1) is 12.6. The van der Waals surface area contributed by atoms with E-state index in [1.807, 2.05) is 0 Å². The van der Waals surface area contributed by atoms with Crippen molar-refractivity contribution in [1.82, 2.24) is 4.98 Å². The van der Waals surface area contributed by atoms with E-state index in [0.717, 1.165) is 41.6 Å². The van der Waals surface area contributed by atoms with E-state index >= 15 is 0 Å². The number of aromatic nitrogens is 1. The minimum atomic E-state index is -0.321. The molecule has 0 atom stereocenters. The van der Waals surface area contributed by atoms with Gasteiger partial charge in [0.05, 0.1) is 11.6 Å². The summed E-state index contributed by atoms with van der Waals surface area (Å²) in [6, 6.07) is 3.44. The molecule has 2 heterocycles. The maximum absolute atomic E-state index is 12.4. The fourth-order valence-electron chi connectivity index (χ4n) is 3.19. The highest BCUT2D eigenvalue weighted by Crippen LogP contribution is 2.36. The van der Waals surface area contributed by atoms with Gasteiger partial charge in [-0.2, -0.15) is 0 Å². The Morgan fingerprint density at radius 1 is 1.31 bits per heavy atom. The number of ether oxygens (including phenoxy) is 1. The van der Waals surface area contributed by atoms with Crippen LogP contribution in [-0.4, -0.2) is 17.2 Å². The minimum absolute atomic E-state index is 0.0416. The first kappa shape index (κ1) is 17.3. The van der Waals surface area contributed by atoms with E-state index in [4.69, 9.17) is 9.15 Å². The summed E-state index contributed by atoms with van der Waals surface area (Å²) in [5.74, 6) is 0.666. The third kappa shape index (κ3) is 3.05. The van der Waals surface area contributed by atoms with E-state index in [0.29, 0.717) is 15.6 Å². The smallest absolute Gasteiger partial charge is 0.348 e. The first-order valence-corrected chi connectivity index (χ1v) is 9.87. The number of thiophene rings is 1. The Kier molecular flexibility index (Phi) is 4.58. The molecule has 0 aliphatic heterocycles. The highest BCUT2D eigenvalue weighted by atomic mass is 79.9. The number of methoxy groups -OCH3 is 1. The van der Waals surface area contributed by atoms with Crippen molar-refractivity contribution in [1.29, 1.82) is 0 Å². The Bertz CT molecular complexity index is 1080. The molecule has 0 saturated carbocycles. The molecule has 0 fully saturated rings. The van der Waals surface area contributed by atoms with Crippen molar-refractivity contribution in [3.8, 4) is 11.5 Å². The molecule has 1 aliphatic carbocycles. The Morgan fingerprint density at radius 3 is 2.92 bits per heavy atom. The normalized spacial score (nSPS) is 14.1. The Balaban J connectivity index is 1.73. The van der Waals surface area contributed by atoms with Gasteiger partial charge in [0, 0.05) is 11.0 Å². The monoisotopic (exact) mass is 433 g/mol. The van der Waals surface area contributed by atoms with Crippen LogP contribution in [0, 0.1) is 0 Å². The van der Waals surface area contributed by atoms with Crippen LogP contribution >= 0.6 is 27.3 Å². The Labute approximate surface area is 162 Å². The van der Waals surface area contributed by atoms with Crippen LogP contribution < -0.4 is 10.4 Å². The number of hydrogen-bond donors (Lipinski definition) is 1. The maximum Gasteiger partial charge on any atom is 0.348 e. The third-order valence-electron chi connectivity index (χ3n) is 4.45. The zero-order valence-electron chi connectivity index (χ0n) is 14.0. The van der Waals surface area contributed by atoms with Crippen LogP contribution in [0.15, 0.2) is 25.8 Å². The largest absolute Gasteiger partial charge is 0.503 e. The van der Waals surface area contributed by atoms with E-state index in [-0.39, 0.29) is 17.3 Å². The summed E-state index contributed by atoms with van der Waals surface area (Å²) in [5, 5.41) is 10.5. The van der Waals surface area contributed by atoms with Crippen LogP contribution in [0.5, 0.6) is 11.5 Å². The van der Waals surface area contributed by atoms with Crippen molar-refractivity contribution in [2.24, 2.45) is 0 Å². The molecule has 0 spiro atoms. The quantitative estimate of drug-likeness (QED) is 0.643. The minimum Gasteiger partial charge on any atom is -0.503 e. The number of aryl methyl sites for hydroxylation is 2. The van der Waals surface area contributed by atoms with Gasteiger partial charge in [-0.25, -0.2) is 9.78 Å². The second-order valence-corrected chi connectivity index (χ2v) is 8.06. The lowest BCUT2D eigenvalue weighted by atomic mass is 9.97. The van der Waals surface area contributed by atoms with Crippen molar-refractivity contribution in [2.75, 3.05) is 7.11 Å². The molecule has 1 aliphatic rings. The highest BCUT2D eigenvalue weighted by molar-refractivity contribution is 9.10. The number of phenolic OH excluding ortho intramolecular Hbond substituents is 1. The third-order valence-corrected chi connectivity index (χ3v) is 6.25. The van der Waals surface area contributed by atoms with Gasteiger partial charge in [0.15, 0.2) is 11.5 Å². The molecule has 0 radical (unpaired) electrons. The average Bonchev–Trinajstić information content (AvgIpc) is 3.01. The predicted octanol–water partition coefficient (Wildman–Crippen LogP) is 4.78. The number of fused-ring (bicyclic) bond motifs is 3. The molecule has 5 nitrogen and oxygen atoms in total. The molecule has 1 aromatic carbocycles. The van der Waals surface area contributed by atoms with Gasteiger partial charge in [-0.1, -0.05) is 0 Å². The summed E-state index contributed by atoms with van der Waals surface area (Å²) >= 11 is 4.88. The lowest BCUT2D eigenvalue weighted by molar-refractivity contribution is 0.372. The van der Waals surface area contributed by atoms with Crippen molar-refractivity contribution in [2.45, 2.75) is 25.7 Å². The lowest BCUT2D eigenvalue weighted by Gasteiger charge is -2.09. The summed E-state index contributed by atoms with van der Waals surface area (Å²) in [4.78, 5) is 19.0. The van der Waals surface area contributed by atoms with E-state index in [1.165, 1.54) is 12.0 Å². The van der Waals surface area contributed by atoms with Gasteiger partial charge in [-0.15, -0.1) is 11.3 Å². The molecule has 1 N–H and O–H groups in total. The van der Waals surface area contributed by atoms with Crippen LogP contribution in [0.2, 0.25) is 0 Å². The number of hydrogen-bond acceptors (Lipinski definition) is 6. The van der Waals surface area contributed by atoms with Gasteiger partial charge in [0.2, 0.25) is 5.89 Å². The second kappa shape index (κ2) is 6.89. The summed E-state index contributed by atoms with van der Waals surface area (Å²) in [6.07, 6.45) is 7.63. The molecular weight excluding hydrogens is 418 g/mol. The first-order valence-electron chi connectivity index (χ1n) is 8.27. The molecule has 4 rings (SSSR count). The zero-order valence-corrected chi connectivity index (χ0v) is 16.4. The molecule has 134 valence electrons. The van der Waals surface area contributed by atoms with Crippen LogP contribution in [0.1, 0.15) is 34.7 Å². The number of halogens is 1. The fraction of sp³-hybridized carbons (Fsp3) is 0.263.